The van der Waals surface area contributed by atoms with Gasteiger partial charge in [-0.2, -0.15) is 13.2 Å². The van der Waals surface area contributed by atoms with E-state index in [0.717, 1.165) is 44.2 Å². The number of nitrogens with zero attached hydrogens (tertiary/aromatic N) is 2. The Kier molecular flexibility index (Phi) is 4.10. The standard InChI is InChI=1S/C23H13F3N2S/c24-23(25,26)17-9-7-14(8-10-17)21-18-12-15-4-1-2-5-16(15)13-19(18)22(28-27-21)20-6-3-11-29-20/h1-13H. The van der Waals surface area contributed by atoms with Crippen molar-refractivity contribution in [2.24, 2.45) is 0 Å². The van der Waals surface area contributed by atoms with Crippen molar-refractivity contribution in [1.82, 2.24) is 10.2 Å². The Morgan fingerprint density at radius 2 is 1.31 bits per heavy atom. The Morgan fingerprint density at radius 1 is 0.690 bits per heavy atom. The molecule has 2 aromatic heterocycles. The maximum absolute atomic E-state index is 12.9. The molecule has 2 heterocycles. The molecule has 0 aliphatic carbocycles. The van der Waals surface area contributed by atoms with Crippen molar-refractivity contribution in [1.29, 1.82) is 0 Å². The van der Waals surface area contributed by atoms with Gasteiger partial charge >= 0.3 is 6.18 Å². The summed E-state index contributed by atoms with van der Waals surface area (Å²) in [5.41, 5.74) is 1.26. The maximum atomic E-state index is 12.9. The minimum absolute atomic E-state index is 0.569. The van der Waals surface area contributed by atoms with Gasteiger partial charge in [0.2, 0.25) is 0 Å². The molecule has 2 nitrogen and oxygen atoms in total. The highest BCUT2D eigenvalue weighted by Gasteiger charge is 2.30. The van der Waals surface area contributed by atoms with Crippen molar-refractivity contribution in [3.05, 3.63) is 83.7 Å². The number of aromatic nitrogens is 2. The van der Waals surface area contributed by atoms with Crippen LogP contribution in [0, 0.1) is 0 Å². The lowest BCUT2D eigenvalue weighted by atomic mass is 9.98. The summed E-state index contributed by atoms with van der Waals surface area (Å²) in [5.74, 6) is 0. The summed E-state index contributed by atoms with van der Waals surface area (Å²) in [5, 5.41) is 14.7. The SMILES string of the molecule is FC(F)(F)c1ccc(-c2nnc(-c3cccs3)c3cc4ccccc4cc23)cc1. The zero-order chi connectivity index (χ0) is 20.0. The highest BCUT2D eigenvalue weighted by atomic mass is 32.1. The number of hydrogen-bond donors (Lipinski definition) is 0. The second-order valence-electron chi connectivity index (χ2n) is 6.69. The lowest BCUT2D eigenvalue weighted by Gasteiger charge is -2.12. The quantitative estimate of drug-likeness (QED) is 0.290. The zero-order valence-electron chi connectivity index (χ0n) is 14.9. The molecule has 0 aliphatic heterocycles. The lowest BCUT2D eigenvalue weighted by molar-refractivity contribution is -0.137. The van der Waals surface area contributed by atoms with Crippen LogP contribution in [0.25, 0.3) is 43.4 Å². The van der Waals surface area contributed by atoms with Crippen LogP contribution < -0.4 is 0 Å². The van der Waals surface area contributed by atoms with E-state index in [1.165, 1.54) is 12.1 Å². The molecule has 0 fully saturated rings. The summed E-state index contributed by atoms with van der Waals surface area (Å²) in [6, 6.07) is 21.1. The van der Waals surface area contributed by atoms with E-state index in [2.05, 4.69) is 16.3 Å². The number of fused-ring (bicyclic) bond motifs is 2. The van der Waals surface area contributed by atoms with Gasteiger partial charge in [0.15, 0.2) is 0 Å². The molecule has 29 heavy (non-hydrogen) atoms. The fourth-order valence-corrected chi connectivity index (χ4v) is 4.19. The monoisotopic (exact) mass is 406 g/mol. The predicted molar refractivity (Wildman–Crippen MR) is 111 cm³/mol. The first-order chi connectivity index (χ1) is 14.0. The fraction of sp³-hybridized carbons (Fsp3) is 0.0435. The van der Waals surface area contributed by atoms with E-state index in [9.17, 15) is 13.2 Å². The predicted octanol–water partition coefficient (Wildman–Crippen LogP) is 7.20. The number of halogens is 3. The maximum Gasteiger partial charge on any atom is 0.416 e. The molecular formula is C23H13F3N2S. The number of thiophene rings is 1. The number of alkyl halides is 3. The minimum Gasteiger partial charge on any atom is -0.166 e. The van der Waals surface area contributed by atoms with Crippen LogP contribution in [0.3, 0.4) is 0 Å². The number of hydrogen-bond acceptors (Lipinski definition) is 3. The third kappa shape index (κ3) is 3.15. The molecule has 0 N–H and O–H groups in total. The van der Waals surface area contributed by atoms with Crippen LogP contribution in [0.5, 0.6) is 0 Å². The lowest BCUT2D eigenvalue weighted by Crippen LogP contribution is -2.04. The summed E-state index contributed by atoms with van der Waals surface area (Å²) in [7, 11) is 0. The van der Waals surface area contributed by atoms with Crippen LogP contribution in [-0.2, 0) is 6.18 Å². The molecule has 0 unspecified atom stereocenters. The number of rotatable bonds is 2. The van der Waals surface area contributed by atoms with Crippen LogP contribution in [-0.4, -0.2) is 10.2 Å². The molecule has 3 aromatic carbocycles. The van der Waals surface area contributed by atoms with E-state index >= 15 is 0 Å². The Labute approximate surface area is 168 Å². The molecule has 0 saturated heterocycles. The molecule has 0 saturated carbocycles. The molecular weight excluding hydrogens is 393 g/mol. The molecule has 0 bridgehead atoms. The van der Waals surface area contributed by atoms with Crippen molar-refractivity contribution >= 4 is 32.9 Å². The minimum atomic E-state index is -4.37. The largest absolute Gasteiger partial charge is 0.416 e. The normalized spacial score (nSPS) is 12.0. The highest BCUT2D eigenvalue weighted by molar-refractivity contribution is 7.13. The summed E-state index contributed by atoms with van der Waals surface area (Å²) in [6.07, 6.45) is -4.37. The third-order valence-corrected chi connectivity index (χ3v) is 5.76. The average Bonchev–Trinajstić information content (AvgIpc) is 3.25. The first-order valence-corrected chi connectivity index (χ1v) is 9.79. The van der Waals surface area contributed by atoms with Crippen molar-refractivity contribution in [2.45, 2.75) is 6.18 Å². The van der Waals surface area contributed by atoms with E-state index < -0.39 is 11.7 Å². The molecule has 5 rings (SSSR count). The Balaban J connectivity index is 1.78. The van der Waals surface area contributed by atoms with Crippen LogP contribution in [0.1, 0.15) is 5.56 Å². The van der Waals surface area contributed by atoms with Crippen LogP contribution in [0.2, 0.25) is 0 Å². The molecule has 142 valence electrons. The van der Waals surface area contributed by atoms with E-state index in [4.69, 9.17) is 0 Å². The summed E-state index contributed by atoms with van der Waals surface area (Å²) < 4.78 is 38.8. The highest BCUT2D eigenvalue weighted by Crippen LogP contribution is 2.37. The van der Waals surface area contributed by atoms with Crippen molar-refractivity contribution in [3.63, 3.8) is 0 Å². The first-order valence-electron chi connectivity index (χ1n) is 8.91. The molecule has 0 spiro atoms. The van der Waals surface area contributed by atoms with E-state index in [0.29, 0.717) is 11.3 Å². The molecule has 0 aliphatic rings. The van der Waals surface area contributed by atoms with Crippen LogP contribution >= 0.6 is 11.3 Å². The molecule has 0 radical (unpaired) electrons. The smallest absolute Gasteiger partial charge is 0.166 e. The zero-order valence-corrected chi connectivity index (χ0v) is 15.8. The Morgan fingerprint density at radius 3 is 1.90 bits per heavy atom. The second-order valence-corrected chi connectivity index (χ2v) is 7.64. The van der Waals surface area contributed by atoms with Gasteiger partial charge in [-0.25, -0.2) is 0 Å². The van der Waals surface area contributed by atoms with Crippen LogP contribution in [0.4, 0.5) is 13.2 Å². The van der Waals surface area contributed by atoms with Crippen molar-refractivity contribution in [2.75, 3.05) is 0 Å². The molecule has 6 heteroatoms. The van der Waals surface area contributed by atoms with E-state index in [-0.39, 0.29) is 0 Å². The first kappa shape index (κ1) is 17.8. The second kappa shape index (κ2) is 6.67. The fourth-order valence-electron chi connectivity index (χ4n) is 3.47. The van der Waals surface area contributed by atoms with Gasteiger partial charge in [-0.1, -0.05) is 42.5 Å². The topological polar surface area (TPSA) is 25.8 Å². The van der Waals surface area contributed by atoms with E-state index in [1.807, 2.05) is 47.8 Å². The molecule has 5 aromatic rings. The van der Waals surface area contributed by atoms with Gasteiger partial charge in [-0.15, -0.1) is 21.5 Å². The molecule has 0 atom stereocenters. The van der Waals surface area contributed by atoms with Crippen molar-refractivity contribution < 1.29 is 13.2 Å². The van der Waals surface area contributed by atoms with Gasteiger partial charge in [-0.3, -0.25) is 0 Å². The number of benzene rings is 3. The Hall–Kier alpha value is -3.25. The third-order valence-electron chi connectivity index (χ3n) is 4.89. The summed E-state index contributed by atoms with van der Waals surface area (Å²) in [4.78, 5) is 0.997. The van der Waals surface area contributed by atoms with E-state index in [1.54, 1.807) is 11.3 Å². The van der Waals surface area contributed by atoms with Crippen LogP contribution in [0.15, 0.2) is 78.2 Å². The van der Waals surface area contributed by atoms with Gasteiger partial charge in [0.05, 0.1) is 10.4 Å². The van der Waals surface area contributed by atoms with Gasteiger partial charge < -0.3 is 0 Å². The average molecular weight is 406 g/mol. The Bertz CT molecular complexity index is 1320. The van der Waals surface area contributed by atoms with Gasteiger partial charge in [0.1, 0.15) is 11.4 Å². The summed E-state index contributed by atoms with van der Waals surface area (Å²) in [6.45, 7) is 0. The summed E-state index contributed by atoms with van der Waals surface area (Å²) >= 11 is 1.58. The van der Waals surface area contributed by atoms with Crippen molar-refractivity contribution in [3.8, 4) is 21.8 Å². The van der Waals surface area contributed by atoms with Gasteiger partial charge in [0, 0.05) is 16.3 Å². The van der Waals surface area contributed by atoms with Gasteiger partial charge in [-0.05, 0) is 46.5 Å². The van der Waals surface area contributed by atoms with Gasteiger partial charge in [0.25, 0.3) is 0 Å². The molecule has 0 amide bonds.